The molecule has 6 heteroatoms. The van der Waals surface area contributed by atoms with Crippen LogP contribution in [0.5, 0.6) is 0 Å². The molecule has 0 heterocycles. The lowest BCUT2D eigenvalue weighted by atomic mass is 10.2. The summed E-state index contributed by atoms with van der Waals surface area (Å²) in [4.78, 5) is 11.9. The quantitative estimate of drug-likeness (QED) is 0.668. The van der Waals surface area contributed by atoms with E-state index in [0.717, 1.165) is 0 Å². The third kappa shape index (κ3) is 4.29. The SMILES string of the molecule is O=C(OCc1cc(Cl)cc(Cl)c1)c1cc(Cl)cc(Cl)c1. The fourth-order valence-electron chi connectivity index (χ4n) is 1.60. The summed E-state index contributed by atoms with van der Waals surface area (Å²) in [5, 5.41) is 1.70. The van der Waals surface area contributed by atoms with Gasteiger partial charge in [0, 0.05) is 20.1 Å². The van der Waals surface area contributed by atoms with Crippen molar-refractivity contribution in [2.45, 2.75) is 6.61 Å². The zero-order valence-corrected chi connectivity index (χ0v) is 13.0. The molecule has 0 aliphatic rings. The van der Waals surface area contributed by atoms with Gasteiger partial charge in [0.05, 0.1) is 5.56 Å². The van der Waals surface area contributed by atoms with Crippen LogP contribution in [0.15, 0.2) is 36.4 Å². The second-order valence-corrected chi connectivity index (χ2v) is 5.76. The first-order valence-corrected chi connectivity index (χ1v) is 7.03. The average Bonchev–Trinajstić information content (AvgIpc) is 2.33. The van der Waals surface area contributed by atoms with E-state index >= 15 is 0 Å². The predicted molar refractivity (Wildman–Crippen MR) is 82.0 cm³/mol. The summed E-state index contributed by atoms with van der Waals surface area (Å²) in [6.45, 7) is 0.0588. The molecule has 0 aromatic heterocycles. The van der Waals surface area contributed by atoms with Gasteiger partial charge in [-0.25, -0.2) is 4.79 Å². The normalized spacial score (nSPS) is 10.4. The van der Waals surface area contributed by atoms with Crippen LogP contribution < -0.4 is 0 Å². The van der Waals surface area contributed by atoms with Crippen LogP contribution in [0.2, 0.25) is 20.1 Å². The van der Waals surface area contributed by atoms with Gasteiger partial charge in [0.1, 0.15) is 6.61 Å². The van der Waals surface area contributed by atoms with E-state index in [9.17, 15) is 4.79 Å². The van der Waals surface area contributed by atoms with Gasteiger partial charge < -0.3 is 4.74 Å². The standard InChI is InChI=1S/C14H8Cl4O2/c15-10-1-8(2-11(16)5-10)7-20-14(19)9-3-12(17)6-13(18)4-9/h1-6H,7H2. The highest BCUT2D eigenvalue weighted by molar-refractivity contribution is 6.35. The number of rotatable bonds is 3. The Kier molecular flexibility index (Phi) is 5.17. The Morgan fingerprint density at radius 1 is 0.800 bits per heavy atom. The minimum Gasteiger partial charge on any atom is -0.457 e. The Balaban J connectivity index is 2.08. The molecule has 0 saturated heterocycles. The van der Waals surface area contributed by atoms with Gasteiger partial charge in [0.25, 0.3) is 0 Å². The second-order valence-electron chi connectivity index (χ2n) is 4.01. The molecule has 0 fully saturated rings. The van der Waals surface area contributed by atoms with E-state index in [1.807, 2.05) is 0 Å². The van der Waals surface area contributed by atoms with E-state index in [0.29, 0.717) is 25.7 Å². The Labute approximate surface area is 136 Å². The molecule has 20 heavy (non-hydrogen) atoms. The van der Waals surface area contributed by atoms with Gasteiger partial charge >= 0.3 is 5.97 Å². The first-order valence-electron chi connectivity index (χ1n) is 5.52. The summed E-state index contributed by atoms with van der Waals surface area (Å²) in [6.07, 6.45) is 0. The van der Waals surface area contributed by atoms with E-state index in [4.69, 9.17) is 51.1 Å². The van der Waals surface area contributed by atoms with Crippen LogP contribution in [0, 0.1) is 0 Å². The summed E-state index contributed by atoms with van der Waals surface area (Å²) < 4.78 is 5.16. The van der Waals surface area contributed by atoms with E-state index in [1.165, 1.54) is 18.2 Å². The van der Waals surface area contributed by atoms with E-state index in [-0.39, 0.29) is 12.2 Å². The smallest absolute Gasteiger partial charge is 0.338 e. The van der Waals surface area contributed by atoms with Crippen LogP contribution in [0.1, 0.15) is 15.9 Å². The number of esters is 1. The molecule has 0 saturated carbocycles. The molecule has 0 spiro atoms. The zero-order chi connectivity index (χ0) is 14.7. The minimum absolute atomic E-state index is 0.0588. The van der Waals surface area contributed by atoms with Crippen molar-refractivity contribution < 1.29 is 9.53 Å². The lowest BCUT2D eigenvalue weighted by molar-refractivity contribution is 0.0472. The lowest BCUT2D eigenvalue weighted by Gasteiger charge is -2.07. The number of hydrogen-bond acceptors (Lipinski definition) is 2. The van der Waals surface area contributed by atoms with E-state index < -0.39 is 5.97 Å². The summed E-state index contributed by atoms with van der Waals surface area (Å²) in [6, 6.07) is 9.46. The monoisotopic (exact) mass is 348 g/mol. The third-order valence-corrected chi connectivity index (χ3v) is 3.26. The van der Waals surface area contributed by atoms with Crippen LogP contribution in [0.3, 0.4) is 0 Å². The molecular weight excluding hydrogens is 342 g/mol. The molecule has 2 rings (SSSR count). The lowest BCUT2D eigenvalue weighted by Crippen LogP contribution is -2.05. The Bertz CT molecular complexity index is 615. The van der Waals surface area contributed by atoms with Crippen molar-refractivity contribution in [3.05, 3.63) is 67.6 Å². The molecule has 0 amide bonds. The molecule has 0 aliphatic heterocycles. The van der Waals surface area contributed by atoms with Crippen molar-refractivity contribution in [1.82, 2.24) is 0 Å². The molecule has 0 unspecified atom stereocenters. The molecule has 2 nitrogen and oxygen atoms in total. The first-order chi connectivity index (χ1) is 9.44. The van der Waals surface area contributed by atoms with Crippen molar-refractivity contribution in [3.63, 3.8) is 0 Å². The zero-order valence-electron chi connectivity index (χ0n) is 10.00. The van der Waals surface area contributed by atoms with Crippen molar-refractivity contribution in [2.75, 3.05) is 0 Å². The minimum atomic E-state index is -0.523. The van der Waals surface area contributed by atoms with Crippen LogP contribution in [-0.2, 0) is 11.3 Å². The van der Waals surface area contributed by atoms with Gasteiger partial charge in [-0.15, -0.1) is 0 Å². The number of benzene rings is 2. The number of ether oxygens (including phenoxy) is 1. The molecule has 0 N–H and O–H groups in total. The number of carbonyl (C=O) groups excluding carboxylic acids is 1. The maximum atomic E-state index is 11.9. The maximum Gasteiger partial charge on any atom is 0.338 e. The summed E-state index contributed by atoms with van der Waals surface area (Å²) >= 11 is 23.4. The molecule has 0 aliphatic carbocycles. The second kappa shape index (κ2) is 6.68. The molecular formula is C14H8Cl4O2. The molecule has 0 bridgehead atoms. The molecule has 2 aromatic rings. The van der Waals surface area contributed by atoms with E-state index in [1.54, 1.807) is 18.2 Å². The summed E-state index contributed by atoms with van der Waals surface area (Å²) in [7, 11) is 0. The van der Waals surface area contributed by atoms with Crippen LogP contribution in [-0.4, -0.2) is 5.97 Å². The van der Waals surface area contributed by atoms with Crippen molar-refractivity contribution >= 4 is 52.4 Å². The first kappa shape index (κ1) is 15.5. The highest BCUT2D eigenvalue weighted by Crippen LogP contribution is 2.22. The van der Waals surface area contributed by atoms with E-state index in [2.05, 4.69) is 0 Å². The number of halogens is 4. The van der Waals surface area contributed by atoms with Crippen LogP contribution in [0.25, 0.3) is 0 Å². The van der Waals surface area contributed by atoms with Crippen molar-refractivity contribution in [2.24, 2.45) is 0 Å². The molecule has 0 atom stereocenters. The van der Waals surface area contributed by atoms with Gasteiger partial charge in [-0.3, -0.25) is 0 Å². The van der Waals surface area contributed by atoms with Gasteiger partial charge in [0.15, 0.2) is 0 Å². The maximum absolute atomic E-state index is 11.9. The topological polar surface area (TPSA) is 26.3 Å². The third-order valence-electron chi connectivity index (χ3n) is 2.39. The van der Waals surface area contributed by atoms with Gasteiger partial charge in [0.2, 0.25) is 0 Å². The Morgan fingerprint density at radius 2 is 1.25 bits per heavy atom. The Hall–Kier alpha value is -0.930. The number of carbonyl (C=O) groups is 1. The van der Waals surface area contributed by atoms with Gasteiger partial charge in [-0.2, -0.15) is 0 Å². The largest absolute Gasteiger partial charge is 0.457 e. The van der Waals surface area contributed by atoms with Crippen LogP contribution >= 0.6 is 46.4 Å². The van der Waals surface area contributed by atoms with Crippen LogP contribution in [0.4, 0.5) is 0 Å². The highest BCUT2D eigenvalue weighted by Gasteiger charge is 2.10. The van der Waals surface area contributed by atoms with Crippen molar-refractivity contribution in [3.8, 4) is 0 Å². The molecule has 104 valence electrons. The Morgan fingerprint density at radius 3 is 1.75 bits per heavy atom. The summed E-state index contributed by atoms with van der Waals surface area (Å²) in [5.41, 5.74) is 0.986. The highest BCUT2D eigenvalue weighted by atomic mass is 35.5. The molecule has 2 aromatic carbocycles. The van der Waals surface area contributed by atoms with Crippen molar-refractivity contribution in [1.29, 1.82) is 0 Å². The van der Waals surface area contributed by atoms with Gasteiger partial charge in [-0.1, -0.05) is 46.4 Å². The van der Waals surface area contributed by atoms with Gasteiger partial charge in [-0.05, 0) is 42.0 Å². The fourth-order valence-corrected chi connectivity index (χ4v) is 2.70. The summed E-state index contributed by atoms with van der Waals surface area (Å²) in [5.74, 6) is -0.523. The molecule has 0 radical (unpaired) electrons. The number of hydrogen-bond donors (Lipinski definition) is 0. The average molecular weight is 350 g/mol. The predicted octanol–water partition coefficient (Wildman–Crippen LogP) is 5.66. The fraction of sp³-hybridized carbons (Fsp3) is 0.0714.